The Labute approximate surface area is 75.2 Å². The molecule has 0 amide bonds. The SMILES string of the molecule is OC1COCC1c1cncc(F)c1. The lowest BCUT2D eigenvalue weighted by atomic mass is 9.98. The number of hydrogen-bond acceptors (Lipinski definition) is 3. The Morgan fingerprint density at radius 1 is 1.46 bits per heavy atom. The molecule has 0 radical (unpaired) electrons. The van der Waals surface area contributed by atoms with Gasteiger partial charge in [0, 0.05) is 12.1 Å². The van der Waals surface area contributed by atoms with E-state index in [0.717, 1.165) is 6.20 Å². The molecule has 1 aliphatic heterocycles. The van der Waals surface area contributed by atoms with Crippen LogP contribution in [-0.4, -0.2) is 29.4 Å². The average molecular weight is 183 g/mol. The van der Waals surface area contributed by atoms with Crippen molar-refractivity contribution in [2.75, 3.05) is 13.2 Å². The van der Waals surface area contributed by atoms with Crippen molar-refractivity contribution in [3.63, 3.8) is 0 Å². The molecule has 1 aromatic heterocycles. The minimum absolute atomic E-state index is 0.136. The number of rotatable bonds is 1. The molecule has 0 saturated carbocycles. The van der Waals surface area contributed by atoms with Crippen molar-refractivity contribution < 1.29 is 14.2 Å². The molecule has 1 aliphatic rings. The Balaban J connectivity index is 2.24. The molecule has 13 heavy (non-hydrogen) atoms. The highest BCUT2D eigenvalue weighted by molar-refractivity contribution is 5.18. The molecule has 2 heterocycles. The van der Waals surface area contributed by atoms with Crippen LogP contribution < -0.4 is 0 Å². The van der Waals surface area contributed by atoms with E-state index in [2.05, 4.69) is 4.98 Å². The van der Waals surface area contributed by atoms with Crippen molar-refractivity contribution in [3.8, 4) is 0 Å². The third kappa shape index (κ3) is 1.68. The van der Waals surface area contributed by atoms with Crippen LogP contribution in [0.15, 0.2) is 18.5 Å². The summed E-state index contributed by atoms with van der Waals surface area (Å²) in [6.07, 6.45) is 2.17. The van der Waals surface area contributed by atoms with Crippen molar-refractivity contribution in [1.29, 1.82) is 0 Å². The number of pyridine rings is 1. The van der Waals surface area contributed by atoms with E-state index in [1.54, 1.807) is 6.20 Å². The van der Waals surface area contributed by atoms with Crippen molar-refractivity contribution >= 4 is 0 Å². The van der Waals surface area contributed by atoms with Crippen LogP contribution in [0.25, 0.3) is 0 Å². The van der Waals surface area contributed by atoms with Crippen LogP contribution in [0, 0.1) is 5.82 Å². The van der Waals surface area contributed by atoms with Crippen molar-refractivity contribution in [1.82, 2.24) is 4.98 Å². The first-order valence-electron chi connectivity index (χ1n) is 4.13. The fourth-order valence-electron chi connectivity index (χ4n) is 1.49. The zero-order chi connectivity index (χ0) is 9.26. The van der Waals surface area contributed by atoms with Gasteiger partial charge in [-0.15, -0.1) is 0 Å². The summed E-state index contributed by atoms with van der Waals surface area (Å²) >= 11 is 0. The smallest absolute Gasteiger partial charge is 0.141 e. The van der Waals surface area contributed by atoms with Gasteiger partial charge in [-0.2, -0.15) is 0 Å². The highest BCUT2D eigenvalue weighted by Gasteiger charge is 2.27. The Morgan fingerprint density at radius 3 is 2.92 bits per heavy atom. The predicted molar refractivity (Wildman–Crippen MR) is 43.8 cm³/mol. The van der Waals surface area contributed by atoms with Crippen LogP contribution in [0.4, 0.5) is 4.39 Å². The molecule has 1 saturated heterocycles. The maximum Gasteiger partial charge on any atom is 0.141 e. The number of hydrogen-bond donors (Lipinski definition) is 1. The number of aliphatic hydroxyl groups is 1. The van der Waals surface area contributed by atoms with Crippen molar-refractivity contribution in [3.05, 3.63) is 29.8 Å². The van der Waals surface area contributed by atoms with Gasteiger partial charge in [-0.25, -0.2) is 4.39 Å². The van der Waals surface area contributed by atoms with Gasteiger partial charge >= 0.3 is 0 Å². The van der Waals surface area contributed by atoms with Crippen LogP contribution in [-0.2, 0) is 4.74 Å². The van der Waals surface area contributed by atoms with E-state index in [4.69, 9.17) is 4.74 Å². The van der Waals surface area contributed by atoms with Gasteiger partial charge in [0.15, 0.2) is 0 Å². The summed E-state index contributed by atoms with van der Waals surface area (Å²) in [5, 5.41) is 9.46. The second-order valence-electron chi connectivity index (χ2n) is 3.15. The predicted octanol–water partition coefficient (Wildman–Crippen LogP) is 0.695. The van der Waals surface area contributed by atoms with Gasteiger partial charge in [0.25, 0.3) is 0 Å². The summed E-state index contributed by atoms with van der Waals surface area (Å²) in [4.78, 5) is 3.72. The molecule has 4 heteroatoms. The van der Waals surface area contributed by atoms with Gasteiger partial charge < -0.3 is 9.84 Å². The topological polar surface area (TPSA) is 42.4 Å². The third-order valence-corrected chi connectivity index (χ3v) is 2.20. The van der Waals surface area contributed by atoms with E-state index < -0.39 is 6.10 Å². The van der Waals surface area contributed by atoms with E-state index in [1.165, 1.54) is 6.07 Å². The summed E-state index contributed by atoms with van der Waals surface area (Å²) in [6.45, 7) is 0.757. The minimum atomic E-state index is -0.538. The molecular weight excluding hydrogens is 173 g/mol. The number of aromatic nitrogens is 1. The zero-order valence-electron chi connectivity index (χ0n) is 6.98. The van der Waals surface area contributed by atoms with Gasteiger partial charge in [0.05, 0.1) is 25.5 Å². The van der Waals surface area contributed by atoms with Crippen LogP contribution in [0.1, 0.15) is 11.5 Å². The maximum atomic E-state index is 12.8. The normalized spacial score (nSPS) is 27.8. The van der Waals surface area contributed by atoms with Gasteiger partial charge in [0.1, 0.15) is 5.82 Å². The molecule has 1 aromatic rings. The van der Waals surface area contributed by atoms with Crippen LogP contribution in [0.3, 0.4) is 0 Å². The molecule has 0 spiro atoms. The number of aliphatic hydroxyl groups excluding tert-OH is 1. The van der Waals surface area contributed by atoms with E-state index in [1.807, 2.05) is 0 Å². The van der Waals surface area contributed by atoms with Crippen molar-refractivity contribution in [2.45, 2.75) is 12.0 Å². The molecule has 1 N–H and O–H groups in total. The first-order valence-corrected chi connectivity index (χ1v) is 4.13. The van der Waals surface area contributed by atoms with Gasteiger partial charge in [0.2, 0.25) is 0 Å². The Morgan fingerprint density at radius 2 is 2.31 bits per heavy atom. The summed E-state index contributed by atoms with van der Waals surface area (Å²) in [5.74, 6) is -0.514. The number of halogens is 1. The fourth-order valence-corrected chi connectivity index (χ4v) is 1.49. The van der Waals surface area contributed by atoms with E-state index >= 15 is 0 Å². The standard InChI is InChI=1S/C9H10FNO2/c10-7-1-6(2-11-3-7)8-4-13-5-9(8)12/h1-3,8-9,12H,4-5H2. The monoisotopic (exact) mass is 183 g/mol. The summed E-state index contributed by atoms with van der Waals surface area (Å²) < 4.78 is 17.8. The van der Waals surface area contributed by atoms with Gasteiger partial charge in [-0.3, -0.25) is 4.98 Å². The molecule has 2 atom stereocenters. The first-order chi connectivity index (χ1) is 6.27. The highest BCUT2D eigenvalue weighted by Crippen LogP contribution is 2.25. The summed E-state index contributed by atoms with van der Waals surface area (Å²) in [6, 6.07) is 1.38. The highest BCUT2D eigenvalue weighted by atomic mass is 19.1. The second-order valence-corrected chi connectivity index (χ2v) is 3.15. The first kappa shape index (κ1) is 8.59. The molecule has 1 fully saturated rings. The number of nitrogens with zero attached hydrogens (tertiary/aromatic N) is 1. The molecule has 2 unspecified atom stereocenters. The van der Waals surface area contributed by atoms with Crippen LogP contribution >= 0.6 is 0 Å². The molecule has 0 aliphatic carbocycles. The lowest BCUT2D eigenvalue weighted by molar-refractivity contribution is 0.124. The Bertz CT molecular complexity index is 305. The van der Waals surface area contributed by atoms with E-state index in [-0.39, 0.29) is 11.7 Å². The van der Waals surface area contributed by atoms with Gasteiger partial charge in [-0.05, 0) is 11.6 Å². The lowest BCUT2D eigenvalue weighted by Gasteiger charge is -2.11. The maximum absolute atomic E-state index is 12.8. The fraction of sp³-hybridized carbons (Fsp3) is 0.444. The van der Waals surface area contributed by atoms with Crippen LogP contribution in [0.2, 0.25) is 0 Å². The van der Waals surface area contributed by atoms with Crippen molar-refractivity contribution in [2.24, 2.45) is 0 Å². The molecule has 3 nitrogen and oxygen atoms in total. The Kier molecular flexibility index (Phi) is 2.24. The summed E-state index contributed by atoms with van der Waals surface area (Å²) in [5.41, 5.74) is 0.699. The average Bonchev–Trinajstić information content (AvgIpc) is 2.51. The lowest BCUT2D eigenvalue weighted by Crippen LogP contribution is -2.15. The van der Waals surface area contributed by atoms with Crippen LogP contribution in [0.5, 0.6) is 0 Å². The van der Waals surface area contributed by atoms with Gasteiger partial charge in [-0.1, -0.05) is 0 Å². The third-order valence-electron chi connectivity index (χ3n) is 2.20. The van der Waals surface area contributed by atoms with E-state index in [9.17, 15) is 9.50 Å². The second kappa shape index (κ2) is 3.40. The molecule has 0 bridgehead atoms. The minimum Gasteiger partial charge on any atom is -0.390 e. The molecule has 0 aromatic carbocycles. The summed E-state index contributed by atoms with van der Waals surface area (Å²) in [7, 11) is 0. The van der Waals surface area contributed by atoms with E-state index in [0.29, 0.717) is 18.8 Å². The molecule has 2 rings (SSSR count). The zero-order valence-corrected chi connectivity index (χ0v) is 6.98. The Hall–Kier alpha value is -1.00. The largest absolute Gasteiger partial charge is 0.390 e. The molecular formula is C9H10FNO2. The quantitative estimate of drug-likeness (QED) is 0.696. The molecule has 70 valence electrons. The number of ether oxygens (including phenoxy) is 1.